The van der Waals surface area contributed by atoms with E-state index < -0.39 is 0 Å². The molecule has 1 atom stereocenters. The highest BCUT2D eigenvalue weighted by Crippen LogP contribution is 2.28. The van der Waals surface area contributed by atoms with E-state index >= 15 is 0 Å². The van der Waals surface area contributed by atoms with Gasteiger partial charge < -0.3 is 9.64 Å². The van der Waals surface area contributed by atoms with Crippen LogP contribution in [0.2, 0.25) is 0 Å². The van der Waals surface area contributed by atoms with Gasteiger partial charge in [-0.15, -0.1) is 18.2 Å². The summed E-state index contributed by atoms with van der Waals surface area (Å²) in [6.45, 7) is 3.69. The molecule has 27 heavy (non-hydrogen) atoms. The minimum absolute atomic E-state index is 0.0241. The molecular weight excluding hydrogens is 354 g/mol. The molecule has 0 radical (unpaired) electrons. The number of ether oxygens (including phenoxy) is 1. The number of hydrogen-bond donors (Lipinski definition) is 0. The fourth-order valence-corrected chi connectivity index (χ4v) is 4.24. The number of carbonyl (C=O) groups is 1. The Balaban J connectivity index is 1.74. The Bertz CT molecular complexity index is 804. The van der Waals surface area contributed by atoms with Gasteiger partial charge in [0.15, 0.2) is 0 Å². The Kier molecular flexibility index (Phi) is 6.98. The molecular formula is C23H25NO2S. The summed E-state index contributed by atoms with van der Waals surface area (Å²) in [5.74, 6) is 3.47. The Hall–Kier alpha value is -2.22. The van der Waals surface area contributed by atoms with Crippen molar-refractivity contribution in [1.29, 1.82) is 0 Å². The van der Waals surface area contributed by atoms with Gasteiger partial charge in [-0.1, -0.05) is 47.9 Å². The van der Waals surface area contributed by atoms with Crippen molar-refractivity contribution in [2.45, 2.75) is 37.3 Å². The zero-order chi connectivity index (χ0) is 19.1. The lowest BCUT2D eigenvalue weighted by Crippen LogP contribution is -2.31. The van der Waals surface area contributed by atoms with Crippen LogP contribution < -0.4 is 0 Å². The standard InChI is InChI=1S/C23H25NO2S/c1-3-14-24(16-19-12-10-18(2)11-13-19)23(25)21-8-4-5-9-22(21)27-17-20-7-6-15-26-20/h1,4-5,8-13,20H,6-7,14-17H2,2H3. The summed E-state index contributed by atoms with van der Waals surface area (Å²) in [5, 5.41) is 0. The van der Waals surface area contributed by atoms with Crippen LogP contribution in [0.15, 0.2) is 53.4 Å². The molecule has 0 spiro atoms. The van der Waals surface area contributed by atoms with Gasteiger partial charge in [0.05, 0.1) is 18.2 Å². The molecule has 2 aromatic rings. The molecule has 0 aliphatic carbocycles. The third kappa shape index (κ3) is 5.38. The number of rotatable bonds is 7. The number of benzene rings is 2. The molecule has 1 unspecified atom stereocenters. The largest absolute Gasteiger partial charge is 0.377 e. The van der Waals surface area contributed by atoms with E-state index in [-0.39, 0.29) is 18.6 Å². The van der Waals surface area contributed by atoms with Crippen molar-refractivity contribution < 1.29 is 9.53 Å². The first-order valence-electron chi connectivity index (χ1n) is 9.29. The van der Waals surface area contributed by atoms with Gasteiger partial charge in [0.1, 0.15) is 0 Å². The summed E-state index contributed by atoms with van der Waals surface area (Å²) >= 11 is 1.69. The average Bonchev–Trinajstić information content (AvgIpc) is 3.21. The molecule has 0 saturated carbocycles. The molecule has 3 rings (SSSR count). The lowest BCUT2D eigenvalue weighted by molar-refractivity contribution is 0.0762. The second-order valence-corrected chi connectivity index (χ2v) is 7.85. The minimum atomic E-state index is -0.0241. The Morgan fingerprint density at radius 2 is 2.04 bits per heavy atom. The second-order valence-electron chi connectivity index (χ2n) is 6.79. The zero-order valence-corrected chi connectivity index (χ0v) is 16.5. The molecule has 1 fully saturated rings. The lowest BCUT2D eigenvalue weighted by atomic mass is 10.1. The van der Waals surface area contributed by atoms with E-state index in [4.69, 9.17) is 11.2 Å². The molecule has 3 nitrogen and oxygen atoms in total. The quantitative estimate of drug-likeness (QED) is 0.522. The molecule has 1 amide bonds. The fourth-order valence-electron chi connectivity index (χ4n) is 3.12. The molecule has 0 aromatic heterocycles. The van der Waals surface area contributed by atoms with Gasteiger partial charge in [0.2, 0.25) is 0 Å². The number of amides is 1. The van der Waals surface area contributed by atoms with Crippen molar-refractivity contribution >= 4 is 17.7 Å². The van der Waals surface area contributed by atoms with Crippen molar-refractivity contribution in [3.63, 3.8) is 0 Å². The highest BCUT2D eigenvalue weighted by molar-refractivity contribution is 7.99. The van der Waals surface area contributed by atoms with Crippen LogP contribution in [0.25, 0.3) is 0 Å². The van der Waals surface area contributed by atoms with Crippen LogP contribution in [0.1, 0.15) is 34.3 Å². The van der Waals surface area contributed by atoms with Crippen LogP contribution in [-0.2, 0) is 11.3 Å². The van der Waals surface area contributed by atoms with Gasteiger partial charge in [-0.05, 0) is 37.5 Å². The van der Waals surface area contributed by atoms with Gasteiger partial charge in [-0.3, -0.25) is 4.79 Å². The number of hydrogen-bond acceptors (Lipinski definition) is 3. The fraction of sp³-hybridized carbons (Fsp3) is 0.348. The van der Waals surface area contributed by atoms with E-state index in [1.165, 1.54) is 5.56 Å². The van der Waals surface area contributed by atoms with E-state index in [1.807, 2.05) is 36.4 Å². The number of nitrogens with zero attached hydrogens (tertiary/aromatic N) is 1. The molecule has 2 aromatic carbocycles. The van der Waals surface area contributed by atoms with Crippen molar-refractivity contribution in [3.8, 4) is 12.3 Å². The Morgan fingerprint density at radius 3 is 2.74 bits per heavy atom. The van der Waals surface area contributed by atoms with Gasteiger partial charge in [-0.25, -0.2) is 0 Å². The van der Waals surface area contributed by atoms with E-state index in [0.717, 1.165) is 35.7 Å². The lowest BCUT2D eigenvalue weighted by Gasteiger charge is -2.22. The first-order chi connectivity index (χ1) is 13.2. The van der Waals surface area contributed by atoms with Crippen LogP contribution in [-0.4, -0.2) is 35.8 Å². The maximum absolute atomic E-state index is 13.2. The monoisotopic (exact) mass is 379 g/mol. The highest BCUT2D eigenvalue weighted by Gasteiger charge is 2.21. The number of aryl methyl sites for hydroxylation is 1. The van der Waals surface area contributed by atoms with Gasteiger partial charge in [0, 0.05) is 23.8 Å². The smallest absolute Gasteiger partial charge is 0.256 e. The van der Waals surface area contributed by atoms with Crippen LogP contribution >= 0.6 is 11.8 Å². The molecule has 1 aliphatic rings. The first-order valence-corrected chi connectivity index (χ1v) is 10.3. The van der Waals surface area contributed by atoms with E-state index in [1.54, 1.807) is 16.7 Å². The van der Waals surface area contributed by atoms with E-state index in [9.17, 15) is 4.79 Å². The summed E-state index contributed by atoms with van der Waals surface area (Å²) in [5.41, 5.74) is 2.99. The molecule has 0 N–H and O–H groups in total. The topological polar surface area (TPSA) is 29.5 Å². The van der Waals surface area contributed by atoms with Gasteiger partial charge in [-0.2, -0.15) is 0 Å². The van der Waals surface area contributed by atoms with Crippen LogP contribution in [0.4, 0.5) is 0 Å². The molecule has 140 valence electrons. The van der Waals surface area contributed by atoms with Crippen LogP contribution in [0, 0.1) is 19.3 Å². The maximum Gasteiger partial charge on any atom is 0.256 e. The third-order valence-electron chi connectivity index (χ3n) is 4.63. The van der Waals surface area contributed by atoms with Crippen molar-refractivity contribution in [3.05, 3.63) is 65.2 Å². The summed E-state index contributed by atoms with van der Waals surface area (Å²) < 4.78 is 5.71. The summed E-state index contributed by atoms with van der Waals surface area (Å²) in [6, 6.07) is 16.0. The van der Waals surface area contributed by atoms with Crippen molar-refractivity contribution in [2.75, 3.05) is 18.9 Å². The predicted octanol–water partition coefficient (Wildman–Crippen LogP) is 4.54. The zero-order valence-electron chi connectivity index (χ0n) is 15.7. The highest BCUT2D eigenvalue weighted by atomic mass is 32.2. The summed E-state index contributed by atoms with van der Waals surface area (Å²) in [7, 11) is 0. The normalized spacial score (nSPS) is 16.1. The van der Waals surface area contributed by atoms with Crippen molar-refractivity contribution in [2.24, 2.45) is 0 Å². The van der Waals surface area contributed by atoms with E-state index in [0.29, 0.717) is 12.1 Å². The second kappa shape index (κ2) is 9.64. The molecule has 4 heteroatoms. The van der Waals surface area contributed by atoms with Crippen LogP contribution in [0.5, 0.6) is 0 Å². The molecule has 0 bridgehead atoms. The average molecular weight is 380 g/mol. The number of carbonyl (C=O) groups excluding carboxylic acids is 1. The van der Waals surface area contributed by atoms with Crippen LogP contribution in [0.3, 0.4) is 0 Å². The number of terminal acetylenes is 1. The molecule has 1 aliphatic heterocycles. The summed E-state index contributed by atoms with van der Waals surface area (Å²) in [6.07, 6.45) is 8.04. The minimum Gasteiger partial charge on any atom is -0.377 e. The van der Waals surface area contributed by atoms with E-state index in [2.05, 4.69) is 25.0 Å². The Labute approximate surface area is 166 Å². The third-order valence-corrected chi connectivity index (χ3v) is 5.84. The molecule has 1 heterocycles. The Morgan fingerprint density at radius 1 is 1.26 bits per heavy atom. The van der Waals surface area contributed by atoms with Crippen molar-refractivity contribution in [1.82, 2.24) is 4.90 Å². The van der Waals surface area contributed by atoms with Gasteiger partial charge in [0.25, 0.3) is 5.91 Å². The SMILES string of the molecule is C#CCN(Cc1ccc(C)cc1)C(=O)c1ccccc1SCC1CCCO1. The number of thioether (sulfide) groups is 1. The predicted molar refractivity (Wildman–Crippen MR) is 111 cm³/mol. The summed E-state index contributed by atoms with van der Waals surface area (Å²) in [4.78, 5) is 15.9. The van der Waals surface area contributed by atoms with Gasteiger partial charge >= 0.3 is 0 Å². The molecule has 1 saturated heterocycles. The first kappa shape index (κ1) is 19.5. The maximum atomic E-state index is 13.2.